The summed E-state index contributed by atoms with van der Waals surface area (Å²) in [4.78, 5) is 45.1. The van der Waals surface area contributed by atoms with Gasteiger partial charge in [0.2, 0.25) is 11.9 Å². The molecule has 116 valence electrons. The van der Waals surface area contributed by atoms with Gasteiger partial charge in [-0.3, -0.25) is 24.6 Å². The number of carbonyl (C=O) groups excluding carboxylic acids is 3. The van der Waals surface area contributed by atoms with Crippen molar-refractivity contribution in [3.63, 3.8) is 0 Å². The van der Waals surface area contributed by atoms with Gasteiger partial charge in [-0.15, -0.1) is 0 Å². The molecular weight excluding hydrogens is 364 g/mol. The van der Waals surface area contributed by atoms with Crippen molar-refractivity contribution in [2.45, 2.75) is 6.42 Å². The Labute approximate surface area is 139 Å². The molecule has 0 saturated heterocycles. The van der Waals surface area contributed by atoms with Gasteiger partial charge in [-0.05, 0) is 28.1 Å². The van der Waals surface area contributed by atoms with Gasteiger partial charge < -0.3 is 0 Å². The van der Waals surface area contributed by atoms with Crippen LogP contribution in [0.15, 0.2) is 41.1 Å². The van der Waals surface area contributed by atoms with Crippen molar-refractivity contribution >= 4 is 39.6 Å². The molecule has 3 rings (SSSR count). The Hall–Kier alpha value is -2.61. The molecule has 0 unspecified atom stereocenters. The summed E-state index contributed by atoms with van der Waals surface area (Å²) in [7, 11) is 0. The van der Waals surface area contributed by atoms with Crippen molar-refractivity contribution < 1.29 is 14.4 Å². The van der Waals surface area contributed by atoms with Gasteiger partial charge in [0.15, 0.2) is 0 Å². The molecule has 0 spiro atoms. The normalized spacial score (nSPS) is 13.2. The Bertz CT molecular complexity index is 757. The van der Waals surface area contributed by atoms with Gasteiger partial charge in [-0.2, -0.15) is 0 Å². The smallest absolute Gasteiger partial charge is 0.261 e. The number of anilines is 1. The Morgan fingerprint density at radius 2 is 1.65 bits per heavy atom. The monoisotopic (exact) mass is 374 g/mol. The molecule has 0 bridgehead atoms. The van der Waals surface area contributed by atoms with Crippen LogP contribution in [0, 0.1) is 0 Å². The van der Waals surface area contributed by atoms with Crippen molar-refractivity contribution in [2.75, 3.05) is 11.9 Å². The molecule has 2 heterocycles. The number of rotatable bonds is 4. The van der Waals surface area contributed by atoms with E-state index in [-0.39, 0.29) is 36.6 Å². The summed E-state index contributed by atoms with van der Waals surface area (Å²) in [6.45, 7) is 0.00864. The molecule has 8 heteroatoms. The number of nitrogens with zero attached hydrogens (tertiary/aromatic N) is 3. The Kier molecular flexibility index (Phi) is 4.16. The van der Waals surface area contributed by atoms with Crippen molar-refractivity contribution in [1.29, 1.82) is 0 Å². The summed E-state index contributed by atoms with van der Waals surface area (Å²) in [6, 6.07) is 6.60. The zero-order chi connectivity index (χ0) is 16.4. The molecule has 7 nitrogen and oxygen atoms in total. The van der Waals surface area contributed by atoms with E-state index in [1.54, 1.807) is 24.3 Å². The van der Waals surface area contributed by atoms with Gasteiger partial charge in [-0.25, -0.2) is 9.97 Å². The fourth-order valence-electron chi connectivity index (χ4n) is 2.22. The minimum absolute atomic E-state index is 0.00864. The highest BCUT2D eigenvalue weighted by atomic mass is 79.9. The SMILES string of the molecule is O=C(CCN1C(=O)c2ccccc2C1=O)Nc1ncc(Br)cn1. The lowest BCUT2D eigenvalue weighted by Crippen LogP contribution is -2.33. The van der Waals surface area contributed by atoms with Gasteiger partial charge in [0.25, 0.3) is 11.8 Å². The fraction of sp³-hybridized carbons (Fsp3) is 0.133. The van der Waals surface area contributed by atoms with E-state index in [1.165, 1.54) is 12.4 Å². The highest BCUT2D eigenvalue weighted by molar-refractivity contribution is 9.10. The Morgan fingerprint density at radius 3 is 2.22 bits per heavy atom. The molecule has 0 saturated carbocycles. The first-order valence-corrected chi connectivity index (χ1v) is 7.58. The van der Waals surface area contributed by atoms with E-state index in [9.17, 15) is 14.4 Å². The number of carbonyl (C=O) groups is 3. The second-order valence-electron chi connectivity index (χ2n) is 4.83. The van der Waals surface area contributed by atoms with Crippen LogP contribution in [0.2, 0.25) is 0 Å². The average Bonchev–Trinajstić information content (AvgIpc) is 2.80. The number of fused-ring (bicyclic) bond motifs is 1. The van der Waals surface area contributed by atoms with Crippen molar-refractivity contribution in [1.82, 2.24) is 14.9 Å². The number of nitrogens with one attached hydrogen (secondary N) is 1. The third kappa shape index (κ3) is 3.11. The van der Waals surface area contributed by atoms with Crippen molar-refractivity contribution in [3.05, 3.63) is 52.3 Å². The van der Waals surface area contributed by atoms with Crippen molar-refractivity contribution in [2.24, 2.45) is 0 Å². The largest absolute Gasteiger partial charge is 0.294 e. The number of amides is 3. The van der Waals surface area contributed by atoms with Crippen LogP contribution in [0.25, 0.3) is 0 Å². The van der Waals surface area contributed by atoms with Gasteiger partial charge in [0.1, 0.15) is 0 Å². The maximum absolute atomic E-state index is 12.2. The van der Waals surface area contributed by atoms with E-state index >= 15 is 0 Å². The van der Waals surface area contributed by atoms with E-state index in [2.05, 4.69) is 31.2 Å². The predicted molar refractivity (Wildman–Crippen MR) is 84.8 cm³/mol. The van der Waals surface area contributed by atoms with Crippen LogP contribution in [-0.2, 0) is 4.79 Å². The lowest BCUT2D eigenvalue weighted by molar-refractivity contribution is -0.116. The Morgan fingerprint density at radius 1 is 1.09 bits per heavy atom. The first kappa shape index (κ1) is 15.3. The molecule has 1 aliphatic heterocycles. The Balaban J connectivity index is 1.61. The maximum atomic E-state index is 12.2. The highest BCUT2D eigenvalue weighted by Gasteiger charge is 2.34. The summed E-state index contributed by atoms with van der Waals surface area (Å²) in [6.07, 6.45) is 2.99. The van der Waals surface area contributed by atoms with E-state index in [0.717, 1.165) is 4.90 Å². The minimum atomic E-state index is -0.377. The predicted octanol–water partition coefficient (Wildman–Crippen LogP) is 1.86. The van der Waals surface area contributed by atoms with E-state index in [1.807, 2.05) is 0 Å². The minimum Gasteiger partial charge on any atom is -0.294 e. The number of imide groups is 1. The highest BCUT2D eigenvalue weighted by Crippen LogP contribution is 2.22. The molecule has 0 aliphatic carbocycles. The van der Waals surface area contributed by atoms with Gasteiger partial charge in [0.05, 0.1) is 15.6 Å². The third-order valence-corrected chi connectivity index (χ3v) is 3.72. The summed E-state index contributed by atoms with van der Waals surface area (Å²) in [5, 5.41) is 2.51. The van der Waals surface area contributed by atoms with E-state index in [4.69, 9.17) is 0 Å². The van der Waals surface area contributed by atoms with Crippen LogP contribution in [0.1, 0.15) is 27.1 Å². The van der Waals surface area contributed by atoms with Crippen molar-refractivity contribution in [3.8, 4) is 0 Å². The molecule has 1 aromatic carbocycles. The molecule has 0 fully saturated rings. The first-order valence-electron chi connectivity index (χ1n) is 6.79. The number of hydrogen-bond donors (Lipinski definition) is 1. The second kappa shape index (κ2) is 6.25. The summed E-state index contributed by atoms with van der Waals surface area (Å²) in [5.41, 5.74) is 0.739. The maximum Gasteiger partial charge on any atom is 0.261 e. The molecule has 0 radical (unpaired) electrons. The second-order valence-corrected chi connectivity index (χ2v) is 5.75. The molecule has 1 aliphatic rings. The lowest BCUT2D eigenvalue weighted by Gasteiger charge is -2.13. The number of halogens is 1. The number of benzene rings is 1. The van der Waals surface area contributed by atoms with E-state index < -0.39 is 0 Å². The van der Waals surface area contributed by atoms with Crippen LogP contribution in [0.3, 0.4) is 0 Å². The molecule has 1 aromatic heterocycles. The molecule has 0 atom stereocenters. The standard InChI is InChI=1S/C15H11BrN4O3/c16-9-7-17-15(18-8-9)19-12(21)5-6-20-13(22)10-3-1-2-4-11(10)14(20)23/h1-4,7-8H,5-6H2,(H,17,18,19,21). The third-order valence-electron chi connectivity index (χ3n) is 3.31. The summed E-state index contributed by atoms with van der Waals surface area (Å²) >= 11 is 3.20. The molecule has 2 aromatic rings. The summed E-state index contributed by atoms with van der Waals surface area (Å²) < 4.78 is 0.696. The zero-order valence-corrected chi connectivity index (χ0v) is 13.4. The molecule has 23 heavy (non-hydrogen) atoms. The van der Waals surface area contributed by atoms with Gasteiger partial charge >= 0.3 is 0 Å². The lowest BCUT2D eigenvalue weighted by atomic mass is 10.1. The van der Waals surface area contributed by atoms with E-state index in [0.29, 0.717) is 15.6 Å². The first-order chi connectivity index (χ1) is 11.1. The van der Waals surface area contributed by atoms with Crippen LogP contribution >= 0.6 is 15.9 Å². The molecule has 3 amide bonds. The zero-order valence-electron chi connectivity index (χ0n) is 11.8. The van der Waals surface area contributed by atoms with Gasteiger partial charge in [-0.1, -0.05) is 12.1 Å². The fourth-order valence-corrected chi connectivity index (χ4v) is 2.42. The topological polar surface area (TPSA) is 92.3 Å². The number of hydrogen-bond acceptors (Lipinski definition) is 5. The summed E-state index contributed by atoms with van der Waals surface area (Å²) in [5.74, 6) is -0.957. The molecule has 1 N–H and O–H groups in total. The van der Waals surface area contributed by atoms with Crippen LogP contribution in [0.5, 0.6) is 0 Å². The van der Waals surface area contributed by atoms with Crippen LogP contribution < -0.4 is 5.32 Å². The number of aromatic nitrogens is 2. The quantitative estimate of drug-likeness (QED) is 0.824. The van der Waals surface area contributed by atoms with Crippen LogP contribution in [0.4, 0.5) is 5.95 Å². The van der Waals surface area contributed by atoms with Crippen LogP contribution in [-0.4, -0.2) is 39.1 Å². The average molecular weight is 375 g/mol. The molecular formula is C15H11BrN4O3. The van der Waals surface area contributed by atoms with Gasteiger partial charge in [0, 0.05) is 25.4 Å².